The summed E-state index contributed by atoms with van der Waals surface area (Å²) in [5.41, 5.74) is 0.354. The Kier molecular flexibility index (Phi) is 4.66. The summed E-state index contributed by atoms with van der Waals surface area (Å²) >= 11 is 0. The van der Waals surface area contributed by atoms with Gasteiger partial charge in [0.15, 0.2) is 11.2 Å². The number of aliphatic hydroxyl groups is 2. The van der Waals surface area contributed by atoms with E-state index in [0.717, 1.165) is 0 Å². The summed E-state index contributed by atoms with van der Waals surface area (Å²) in [6.07, 6.45) is 1.04. The summed E-state index contributed by atoms with van der Waals surface area (Å²) in [5.74, 6) is -0.470. The first-order valence-electron chi connectivity index (χ1n) is 8.61. The van der Waals surface area contributed by atoms with Crippen LogP contribution in [0, 0.1) is 0 Å². The Morgan fingerprint density at radius 3 is 2.96 bits per heavy atom. The van der Waals surface area contributed by atoms with Gasteiger partial charge in [0, 0.05) is 13.2 Å². The molecular weight excluding hydrogens is 370 g/mol. The number of ether oxygens (including phenoxy) is 1. The molecule has 4 atom stereocenters. The molecule has 148 valence electrons. The van der Waals surface area contributed by atoms with Crippen molar-refractivity contribution >= 4 is 17.1 Å². The smallest absolute Gasteiger partial charge is 0.278 e. The second kappa shape index (κ2) is 7.14. The Morgan fingerprint density at radius 2 is 2.21 bits per heavy atom. The van der Waals surface area contributed by atoms with Crippen LogP contribution in [0.4, 0.5) is 0 Å². The molecule has 0 radical (unpaired) electrons. The molecule has 1 aliphatic rings. The van der Waals surface area contributed by atoms with Crippen molar-refractivity contribution in [3.05, 3.63) is 41.0 Å². The minimum absolute atomic E-state index is 0.00209. The lowest BCUT2D eigenvalue weighted by molar-refractivity contribution is -0.152. The summed E-state index contributed by atoms with van der Waals surface area (Å²) in [6, 6.07) is 0.755. The second-order valence-corrected chi connectivity index (χ2v) is 6.61. The third kappa shape index (κ3) is 3.28. The van der Waals surface area contributed by atoms with E-state index in [4.69, 9.17) is 4.74 Å². The molecule has 28 heavy (non-hydrogen) atoms. The van der Waals surface area contributed by atoms with Crippen LogP contribution in [0.15, 0.2) is 29.7 Å². The molecule has 3 aromatic rings. The molecular formula is C16H19N7O5. The number of H-pyrrole nitrogens is 1. The van der Waals surface area contributed by atoms with Crippen LogP contribution in [-0.4, -0.2) is 76.4 Å². The molecule has 4 rings (SSSR count). The fourth-order valence-corrected chi connectivity index (χ4v) is 3.17. The zero-order chi connectivity index (χ0) is 19.8. The van der Waals surface area contributed by atoms with Gasteiger partial charge in [0.05, 0.1) is 31.8 Å². The maximum absolute atomic E-state index is 12.2. The van der Waals surface area contributed by atoms with Crippen molar-refractivity contribution in [1.82, 2.24) is 34.6 Å². The highest BCUT2D eigenvalue weighted by Gasteiger charge is 2.39. The van der Waals surface area contributed by atoms with Gasteiger partial charge in [0.1, 0.15) is 24.0 Å². The molecule has 1 amide bonds. The van der Waals surface area contributed by atoms with Gasteiger partial charge in [-0.25, -0.2) is 9.97 Å². The predicted molar refractivity (Wildman–Crippen MR) is 94.4 cm³/mol. The summed E-state index contributed by atoms with van der Waals surface area (Å²) < 4.78 is 8.71. The molecule has 0 aliphatic carbocycles. The number of aromatic amines is 1. The Balaban J connectivity index is 1.44. The van der Waals surface area contributed by atoms with E-state index >= 15 is 0 Å². The number of carbonyl (C=O) groups is 1. The molecule has 4 heterocycles. The lowest BCUT2D eigenvalue weighted by atomic mass is 9.97. The summed E-state index contributed by atoms with van der Waals surface area (Å²) in [6.45, 7) is 0.133. The largest absolute Gasteiger partial charge is 0.388 e. The van der Waals surface area contributed by atoms with Crippen molar-refractivity contribution in [2.45, 2.75) is 30.9 Å². The number of aryl methyl sites for hydroxylation is 1. The molecule has 12 heteroatoms. The van der Waals surface area contributed by atoms with E-state index in [9.17, 15) is 19.8 Å². The average Bonchev–Trinajstić information content (AvgIpc) is 3.29. The molecule has 12 nitrogen and oxygen atoms in total. The van der Waals surface area contributed by atoms with Gasteiger partial charge in [0.2, 0.25) is 0 Å². The normalized spacial score (nSPS) is 25.1. The molecule has 1 saturated heterocycles. The van der Waals surface area contributed by atoms with Crippen LogP contribution in [0.5, 0.6) is 0 Å². The van der Waals surface area contributed by atoms with Crippen LogP contribution < -0.4 is 10.9 Å². The van der Waals surface area contributed by atoms with E-state index in [1.165, 1.54) is 17.3 Å². The molecule has 0 spiro atoms. The van der Waals surface area contributed by atoms with Gasteiger partial charge in [0.25, 0.3) is 11.5 Å². The monoisotopic (exact) mass is 389 g/mol. The number of carbonyl (C=O) groups excluding carboxylic acids is 1. The van der Waals surface area contributed by atoms with Gasteiger partial charge in [-0.15, -0.1) is 0 Å². The molecule has 0 bridgehead atoms. The van der Waals surface area contributed by atoms with Crippen molar-refractivity contribution in [2.75, 3.05) is 6.61 Å². The number of hydrogen-bond donors (Lipinski definition) is 4. The molecule has 0 saturated carbocycles. The minimum Gasteiger partial charge on any atom is -0.388 e. The van der Waals surface area contributed by atoms with Crippen molar-refractivity contribution < 1.29 is 19.7 Å². The zero-order valence-electron chi connectivity index (χ0n) is 14.9. The van der Waals surface area contributed by atoms with E-state index in [1.54, 1.807) is 23.9 Å². The van der Waals surface area contributed by atoms with Crippen LogP contribution in [0.1, 0.15) is 10.5 Å². The van der Waals surface area contributed by atoms with Crippen molar-refractivity contribution in [3.63, 3.8) is 0 Å². The molecule has 1 fully saturated rings. The third-order valence-electron chi connectivity index (χ3n) is 4.68. The van der Waals surface area contributed by atoms with E-state index in [0.29, 0.717) is 5.65 Å². The minimum atomic E-state index is -1.26. The highest BCUT2D eigenvalue weighted by atomic mass is 16.5. The number of rotatable bonds is 4. The predicted octanol–water partition coefficient (Wildman–Crippen LogP) is -2.23. The Labute approximate surface area is 157 Å². The van der Waals surface area contributed by atoms with Gasteiger partial charge in [-0.3, -0.25) is 14.3 Å². The van der Waals surface area contributed by atoms with Crippen LogP contribution in [-0.2, 0) is 18.3 Å². The third-order valence-corrected chi connectivity index (χ3v) is 4.68. The summed E-state index contributed by atoms with van der Waals surface area (Å²) in [7, 11) is 1.69. The van der Waals surface area contributed by atoms with E-state index in [1.807, 2.05) is 0 Å². The first-order valence-corrected chi connectivity index (χ1v) is 8.61. The number of imidazole rings is 1. The first-order chi connectivity index (χ1) is 13.4. The Bertz CT molecular complexity index is 1060. The van der Waals surface area contributed by atoms with Crippen molar-refractivity contribution in [1.29, 1.82) is 0 Å². The van der Waals surface area contributed by atoms with Crippen molar-refractivity contribution in [2.24, 2.45) is 7.05 Å². The van der Waals surface area contributed by atoms with E-state index in [2.05, 4.69) is 25.4 Å². The van der Waals surface area contributed by atoms with E-state index in [-0.39, 0.29) is 29.9 Å². The fourth-order valence-electron chi connectivity index (χ4n) is 3.17. The molecule has 0 unspecified atom stereocenters. The average molecular weight is 389 g/mol. The standard InChI is InChI=1S/C16H19N7O5/c1-22-3-2-8(21-22)15(26)20-9-5-28-10(13(25)12(9)24)4-23-7-19-11-14(23)17-6-18-16(11)27/h2-3,6-7,9-10,12-13,24-25H,4-5H2,1H3,(H,20,26)(H,17,18,27)/t9-,10-,12+,13-/m1/s1. The lowest BCUT2D eigenvalue weighted by Crippen LogP contribution is -2.60. The van der Waals surface area contributed by atoms with Gasteiger partial charge in [-0.2, -0.15) is 5.10 Å². The SMILES string of the molecule is Cn1ccc(C(=O)N[C@@H]2CO[C@H](Cn3cnc4c(=O)[nH]cnc43)[C@@H](O)[C@H]2O)n1. The van der Waals surface area contributed by atoms with Crippen molar-refractivity contribution in [3.8, 4) is 0 Å². The zero-order valence-corrected chi connectivity index (χ0v) is 14.9. The maximum Gasteiger partial charge on any atom is 0.278 e. The maximum atomic E-state index is 12.2. The van der Waals surface area contributed by atoms with Crippen LogP contribution >= 0.6 is 0 Å². The molecule has 0 aromatic carbocycles. The number of amides is 1. The number of fused-ring (bicyclic) bond motifs is 1. The summed E-state index contributed by atoms with van der Waals surface area (Å²) in [5, 5.41) is 27.5. The van der Waals surface area contributed by atoms with Gasteiger partial charge < -0.3 is 29.8 Å². The fraction of sp³-hybridized carbons (Fsp3) is 0.438. The van der Waals surface area contributed by atoms with Crippen LogP contribution in [0.2, 0.25) is 0 Å². The lowest BCUT2D eigenvalue weighted by Gasteiger charge is -2.37. The number of aromatic nitrogens is 6. The Morgan fingerprint density at radius 1 is 1.39 bits per heavy atom. The Hall–Kier alpha value is -3.09. The van der Waals surface area contributed by atoms with Crippen LogP contribution in [0.25, 0.3) is 11.2 Å². The topological polar surface area (TPSA) is 160 Å². The highest BCUT2D eigenvalue weighted by Crippen LogP contribution is 2.19. The number of nitrogens with one attached hydrogen (secondary N) is 2. The van der Waals surface area contributed by atoms with Gasteiger partial charge in [-0.05, 0) is 6.07 Å². The quantitative estimate of drug-likeness (QED) is 0.390. The highest BCUT2D eigenvalue weighted by molar-refractivity contribution is 5.92. The molecule has 1 aliphatic heterocycles. The number of hydrogen-bond acceptors (Lipinski definition) is 8. The molecule has 3 aromatic heterocycles. The number of nitrogens with zero attached hydrogens (tertiary/aromatic N) is 5. The molecule has 4 N–H and O–H groups in total. The van der Waals surface area contributed by atoms with E-state index < -0.39 is 30.3 Å². The van der Waals surface area contributed by atoms with Gasteiger partial charge >= 0.3 is 0 Å². The van der Waals surface area contributed by atoms with Gasteiger partial charge in [-0.1, -0.05) is 0 Å². The van der Waals surface area contributed by atoms with Crippen LogP contribution in [0.3, 0.4) is 0 Å². The second-order valence-electron chi connectivity index (χ2n) is 6.61. The first kappa shape index (κ1) is 18.3. The number of aliphatic hydroxyl groups excluding tert-OH is 2. The summed E-state index contributed by atoms with van der Waals surface area (Å²) in [4.78, 5) is 34.5.